The molecule has 1 rings (SSSR count). The van der Waals surface area contributed by atoms with Crippen LogP contribution < -0.4 is 10.6 Å². The fourth-order valence-corrected chi connectivity index (χ4v) is 0.957. The summed E-state index contributed by atoms with van der Waals surface area (Å²) in [5.41, 5.74) is 0.662. The van der Waals surface area contributed by atoms with Crippen molar-refractivity contribution in [3.05, 3.63) is 17.6 Å². The van der Waals surface area contributed by atoms with Crippen molar-refractivity contribution >= 4 is 18.6 Å². The fourth-order valence-electron chi connectivity index (χ4n) is 0.957. The van der Waals surface area contributed by atoms with Crippen molar-refractivity contribution in [2.45, 2.75) is 13.5 Å². The molecule has 0 saturated carbocycles. The van der Waals surface area contributed by atoms with E-state index in [1.165, 1.54) is 0 Å². The van der Waals surface area contributed by atoms with Gasteiger partial charge in [0, 0.05) is 18.3 Å². The van der Waals surface area contributed by atoms with Crippen LogP contribution in [0.25, 0.3) is 0 Å². The van der Waals surface area contributed by atoms with Crippen LogP contribution in [0.15, 0.2) is 6.20 Å². The molecule has 1 aromatic rings. The summed E-state index contributed by atoms with van der Waals surface area (Å²) >= 11 is 0. The maximum absolute atomic E-state index is 10.3. The van der Waals surface area contributed by atoms with E-state index in [2.05, 4.69) is 20.6 Å². The van der Waals surface area contributed by atoms with Crippen LogP contribution in [0.5, 0.6) is 0 Å². The topological polar surface area (TPSA) is 84.0 Å². The summed E-state index contributed by atoms with van der Waals surface area (Å²) in [6.45, 7) is 2.01. The number of hydrogen-bond donors (Lipinski definition) is 2. The zero-order valence-corrected chi connectivity index (χ0v) is 7.65. The molecule has 0 bridgehead atoms. The van der Waals surface area contributed by atoms with E-state index in [1.54, 1.807) is 13.1 Å². The molecule has 0 saturated heterocycles. The number of amides is 2. The number of carbonyl (C=O) groups is 2. The minimum atomic E-state index is 0.292. The molecule has 14 heavy (non-hydrogen) atoms. The van der Waals surface area contributed by atoms with Gasteiger partial charge in [0.15, 0.2) is 0 Å². The molecule has 0 radical (unpaired) electrons. The highest BCUT2D eigenvalue weighted by Crippen LogP contribution is 2.09. The van der Waals surface area contributed by atoms with Gasteiger partial charge in [0.25, 0.3) is 0 Å². The number of aryl methyl sites for hydroxylation is 1. The lowest BCUT2D eigenvalue weighted by Gasteiger charge is -2.06. The van der Waals surface area contributed by atoms with Crippen molar-refractivity contribution in [1.82, 2.24) is 15.3 Å². The van der Waals surface area contributed by atoms with E-state index in [1.807, 2.05) is 0 Å². The molecule has 0 aromatic carbocycles. The van der Waals surface area contributed by atoms with Gasteiger partial charge in [-0.2, -0.15) is 0 Å². The predicted octanol–water partition coefficient (Wildman–Crippen LogP) is -0.401. The molecule has 2 N–H and O–H groups in total. The SMILES string of the molecule is Cc1ncc(CNC=O)c(NC=O)n1. The van der Waals surface area contributed by atoms with Crippen molar-refractivity contribution in [1.29, 1.82) is 0 Å². The lowest BCUT2D eigenvalue weighted by molar-refractivity contribution is -0.109. The third-order valence-corrected chi connectivity index (χ3v) is 1.56. The molecular formula is C8H10N4O2. The van der Waals surface area contributed by atoms with Gasteiger partial charge in [-0.15, -0.1) is 0 Å². The Morgan fingerprint density at radius 1 is 1.43 bits per heavy atom. The van der Waals surface area contributed by atoms with E-state index < -0.39 is 0 Å². The van der Waals surface area contributed by atoms with Crippen LogP contribution in [0.2, 0.25) is 0 Å². The first kappa shape index (κ1) is 10.1. The van der Waals surface area contributed by atoms with Gasteiger partial charge >= 0.3 is 0 Å². The fraction of sp³-hybridized carbons (Fsp3) is 0.250. The van der Waals surface area contributed by atoms with Crippen LogP contribution >= 0.6 is 0 Å². The first-order chi connectivity index (χ1) is 6.77. The molecule has 0 aliphatic rings. The van der Waals surface area contributed by atoms with Crippen LogP contribution in [0, 0.1) is 6.92 Å². The number of hydrogen-bond acceptors (Lipinski definition) is 4. The van der Waals surface area contributed by atoms with Crippen LogP contribution in [-0.4, -0.2) is 22.8 Å². The summed E-state index contributed by atoms with van der Waals surface area (Å²) in [6, 6.07) is 0. The minimum Gasteiger partial charge on any atom is -0.354 e. The molecular weight excluding hydrogens is 184 g/mol. The highest BCUT2D eigenvalue weighted by molar-refractivity contribution is 5.70. The highest BCUT2D eigenvalue weighted by atomic mass is 16.1. The van der Waals surface area contributed by atoms with Crippen molar-refractivity contribution in [2.24, 2.45) is 0 Å². The second kappa shape index (κ2) is 4.90. The monoisotopic (exact) mass is 194 g/mol. The molecule has 6 nitrogen and oxygen atoms in total. The number of anilines is 1. The Labute approximate surface area is 80.8 Å². The second-order valence-electron chi connectivity index (χ2n) is 2.55. The van der Waals surface area contributed by atoms with E-state index in [0.29, 0.717) is 36.6 Å². The third-order valence-electron chi connectivity index (χ3n) is 1.56. The number of rotatable bonds is 5. The predicted molar refractivity (Wildman–Crippen MR) is 49.4 cm³/mol. The van der Waals surface area contributed by atoms with Gasteiger partial charge in [0.05, 0.1) is 0 Å². The lowest BCUT2D eigenvalue weighted by atomic mass is 10.3. The Morgan fingerprint density at radius 3 is 2.86 bits per heavy atom. The van der Waals surface area contributed by atoms with Crippen molar-refractivity contribution in [2.75, 3.05) is 5.32 Å². The Balaban J connectivity index is 2.88. The van der Waals surface area contributed by atoms with E-state index in [-0.39, 0.29) is 0 Å². The molecule has 0 spiro atoms. The summed E-state index contributed by atoms with van der Waals surface area (Å²) in [6.07, 6.45) is 2.67. The molecule has 0 atom stereocenters. The van der Waals surface area contributed by atoms with Gasteiger partial charge in [-0.1, -0.05) is 0 Å². The zero-order valence-electron chi connectivity index (χ0n) is 7.65. The minimum absolute atomic E-state index is 0.292. The summed E-state index contributed by atoms with van der Waals surface area (Å²) in [5, 5.41) is 4.90. The Bertz CT molecular complexity index is 340. The molecule has 0 fully saturated rings. The Morgan fingerprint density at radius 2 is 2.21 bits per heavy atom. The first-order valence-electron chi connectivity index (χ1n) is 3.97. The van der Waals surface area contributed by atoms with Gasteiger partial charge in [-0.25, -0.2) is 9.97 Å². The zero-order chi connectivity index (χ0) is 10.4. The first-order valence-corrected chi connectivity index (χ1v) is 3.97. The second-order valence-corrected chi connectivity index (χ2v) is 2.55. The van der Waals surface area contributed by atoms with E-state index >= 15 is 0 Å². The quantitative estimate of drug-likeness (QED) is 0.624. The largest absolute Gasteiger partial charge is 0.354 e. The normalized spacial score (nSPS) is 9.21. The van der Waals surface area contributed by atoms with Gasteiger partial charge in [0.2, 0.25) is 12.8 Å². The molecule has 0 aliphatic heterocycles. The average Bonchev–Trinajstić information content (AvgIpc) is 2.17. The maximum atomic E-state index is 10.3. The average molecular weight is 194 g/mol. The third kappa shape index (κ3) is 2.51. The van der Waals surface area contributed by atoms with Crippen LogP contribution in [0.3, 0.4) is 0 Å². The smallest absolute Gasteiger partial charge is 0.212 e. The van der Waals surface area contributed by atoms with E-state index in [0.717, 1.165) is 0 Å². The van der Waals surface area contributed by atoms with Crippen LogP contribution in [0.1, 0.15) is 11.4 Å². The summed E-state index contributed by atoms with van der Waals surface area (Å²) in [7, 11) is 0. The molecule has 1 aromatic heterocycles. The van der Waals surface area contributed by atoms with Gasteiger partial charge in [-0.05, 0) is 6.92 Å². The molecule has 74 valence electrons. The Kier molecular flexibility index (Phi) is 3.54. The van der Waals surface area contributed by atoms with Gasteiger partial charge in [0.1, 0.15) is 11.6 Å². The Hall–Kier alpha value is -1.98. The van der Waals surface area contributed by atoms with Crippen molar-refractivity contribution < 1.29 is 9.59 Å². The summed E-state index contributed by atoms with van der Waals surface area (Å²) in [5.74, 6) is 0.978. The summed E-state index contributed by atoms with van der Waals surface area (Å²) < 4.78 is 0. The van der Waals surface area contributed by atoms with Crippen molar-refractivity contribution in [3.63, 3.8) is 0 Å². The number of nitrogens with one attached hydrogen (secondary N) is 2. The number of nitrogens with zero attached hydrogens (tertiary/aromatic N) is 2. The van der Waals surface area contributed by atoms with Crippen molar-refractivity contribution in [3.8, 4) is 0 Å². The molecule has 6 heteroatoms. The van der Waals surface area contributed by atoms with Crippen LogP contribution in [0.4, 0.5) is 5.82 Å². The lowest BCUT2D eigenvalue weighted by Crippen LogP contribution is -2.13. The molecule has 1 heterocycles. The molecule has 2 amide bonds. The summed E-state index contributed by atoms with van der Waals surface area (Å²) in [4.78, 5) is 28.3. The molecule has 0 unspecified atom stereocenters. The maximum Gasteiger partial charge on any atom is 0.212 e. The standard InChI is InChI=1S/C8H10N4O2/c1-6-10-3-7(2-9-4-13)8(12-6)11-5-14/h3-5H,2H2,1H3,(H,9,13)(H,10,11,12,14). The van der Waals surface area contributed by atoms with E-state index in [4.69, 9.17) is 0 Å². The molecule has 0 aliphatic carbocycles. The van der Waals surface area contributed by atoms with Gasteiger partial charge < -0.3 is 10.6 Å². The van der Waals surface area contributed by atoms with Crippen LogP contribution in [-0.2, 0) is 16.1 Å². The van der Waals surface area contributed by atoms with E-state index in [9.17, 15) is 9.59 Å². The highest BCUT2D eigenvalue weighted by Gasteiger charge is 2.03. The number of aromatic nitrogens is 2. The van der Waals surface area contributed by atoms with Gasteiger partial charge in [-0.3, -0.25) is 9.59 Å². The number of carbonyl (C=O) groups excluding carboxylic acids is 2.